The Hall–Kier alpha value is -1.72. The Morgan fingerprint density at radius 3 is 2.29 bits per heavy atom. The van der Waals surface area contributed by atoms with Gasteiger partial charge in [0.25, 0.3) is 0 Å². The summed E-state index contributed by atoms with van der Waals surface area (Å²) in [6.45, 7) is 0. The van der Waals surface area contributed by atoms with E-state index in [1.165, 1.54) is 18.2 Å². The fraction of sp³-hybridized carbons (Fsp3) is 0.0714. The van der Waals surface area contributed by atoms with Gasteiger partial charge in [0.15, 0.2) is 5.78 Å². The molecule has 0 aliphatic carbocycles. The predicted octanol–water partition coefficient (Wildman–Crippen LogP) is 4.83. The first-order chi connectivity index (χ1) is 9.70. The number of ketones is 1. The molecule has 2 rings (SSSR count). The molecule has 0 fully saturated rings. The van der Waals surface area contributed by atoms with Crippen molar-refractivity contribution in [3.8, 4) is 0 Å². The molecule has 0 atom stereocenters. The molecule has 0 radical (unpaired) electrons. The normalized spacial score (nSPS) is 11.5. The third-order valence-electron chi connectivity index (χ3n) is 2.80. The second-order valence-electron chi connectivity index (χ2n) is 4.25. The summed E-state index contributed by atoms with van der Waals surface area (Å²) in [7, 11) is 0. The van der Waals surface area contributed by atoms with Gasteiger partial charge < -0.3 is 5.73 Å². The molecule has 2 nitrogen and oxygen atoms in total. The molecule has 2 aromatic carbocycles. The highest BCUT2D eigenvalue weighted by Crippen LogP contribution is 2.33. The molecule has 7 heteroatoms. The zero-order valence-corrected chi connectivity index (χ0v) is 11.9. The van der Waals surface area contributed by atoms with Gasteiger partial charge in [0.1, 0.15) is 0 Å². The summed E-state index contributed by atoms with van der Waals surface area (Å²) in [4.78, 5) is 12.3. The van der Waals surface area contributed by atoms with Crippen LogP contribution in [0.15, 0.2) is 36.4 Å². The van der Waals surface area contributed by atoms with Crippen LogP contribution in [0.1, 0.15) is 21.5 Å². The van der Waals surface area contributed by atoms with Crippen LogP contribution in [0.2, 0.25) is 10.0 Å². The Balaban J connectivity index is 2.55. The predicted molar refractivity (Wildman–Crippen MR) is 75.8 cm³/mol. The molecule has 0 aromatic heterocycles. The second kappa shape index (κ2) is 5.58. The number of carbonyl (C=O) groups excluding carboxylic acids is 1. The van der Waals surface area contributed by atoms with E-state index in [2.05, 4.69) is 0 Å². The molecule has 0 saturated carbocycles. The van der Waals surface area contributed by atoms with Gasteiger partial charge in [0.05, 0.1) is 10.6 Å². The number of hydrogen-bond acceptors (Lipinski definition) is 2. The highest BCUT2D eigenvalue weighted by Gasteiger charge is 2.31. The van der Waals surface area contributed by atoms with Gasteiger partial charge in [-0.15, -0.1) is 0 Å². The molecule has 2 aromatic rings. The van der Waals surface area contributed by atoms with Crippen molar-refractivity contribution < 1.29 is 18.0 Å². The lowest BCUT2D eigenvalue weighted by molar-refractivity contribution is -0.137. The first kappa shape index (κ1) is 15.7. The van der Waals surface area contributed by atoms with Crippen molar-refractivity contribution in [2.24, 2.45) is 0 Å². The summed E-state index contributed by atoms with van der Waals surface area (Å²) in [5.74, 6) is -0.717. The van der Waals surface area contributed by atoms with E-state index in [4.69, 9.17) is 28.9 Å². The van der Waals surface area contributed by atoms with Crippen LogP contribution >= 0.6 is 23.2 Å². The molecule has 0 spiro atoms. The van der Waals surface area contributed by atoms with Gasteiger partial charge in [0.2, 0.25) is 0 Å². The van der Waals surface area contributed by atoms with Gasteiger partial charge >= 0.3 is 6.18 Å². The van der Waals surface area contributed by atoms with Crippen molar-refractivity contribution in [3.05, 3.63) is 63.1 Å². The molecule has 0 amide bonds. The summed E-state index contributed by atoms with van der Waals surface area (Å²) < 4.78 is 38.1. The molecule has 0 aliphatic heterocycles. The maximum Gasteiger partial charge on any atom is 0.416 e. The standard InChI is InChI=1S/C14H8Cl2F3NO/c15-8-2-3-11(16)9(6-8)13(21)10-5-7(14(17,18)19)1-4-12(10)20/h1-6H,20H2. The van der Waals surface area contributed by atoms with Crippen LogP contribution in [0, 0.1) is 0 Å². The van der Waals surface area contributed by atoms with Crippen LogP contribution < -0.4 is 5.73 Å². The van der Waals surface area contributed by atoms with Crippen LogP contribution in [-0.4, -0.2) is 5.78 Å². The van der Waals surface area contributed by atoms with Gasteiger partial charge in [-0.3, -0.25) is 4.79 Å². The minimum atomic E-state index is -4.57. The number of benzene rings is 2. The van der Waals surface area contributed by atoms with Crippen LogP contribution in [0.3, 0.4) is 0 Å². The maximum absolute atomic E-state index is 12.7. The maximum atomic E-state index is 12.7. The van der Waals surface area contributed by atoms with Gasteiger partial charge in [-0.25, -0.2) is 0 Å². The summed E-state index contributed by atoms with van der Waals surface area (Å²) in [5.41, 5.74) is 4.30. The van der Waals surface area contributed by atoms with E-state index in [-0.39, 0.29) is 26.9 Å². The van der Waals surface area contributed by atoms with Crippen molar-refractivity contribution >= 4 is 34.7 Å². The molecule has 0 saturated heterocycles. The minimum absolute atomic E-state index is 0.00445. The summed E-state index contributed by atoms with van der Waals surface area (Å²) in [6.07, 6.45) is -4.57. The Kier molecular flexibility index (Phi) is 4.16. The highest BCUT2D eigenvalue weighted by atomic mass is 35.5. The van der Waals surface area contributed by atoms with Crippen molar-refractivity contribution in [1.82, 2.24) is 0 Å². The number of halogens is 5. The molecule has 21 heavy (non-hydrogen) atoms. The van der Waals surface area contributed by atoms with E-state index in [0.29, 0.717) is 6.07 Å². The number of hydrogen-bond donors (Lipinski definition) is 1. The zero-order chi connectivity index (χ0) is 15.8. The zero-order valence-electron chi connectivity index (χ0n) is 10.3. The van der Waals surface area contributed by atoms with Crippen LogP contribution in [-0.2, 0) is 6.18 Å². The Bertz CT molecular complexity index is 714. The number of carbonyl (C=O) groups is 1. The Morgan fingerprint density at radius 1 is 1.00 bits per heavy atom. The monoisotopic (exact) mass is 333 g/mol. The van der Waals surface area contributed by atoms with Gasteiger partial charge in [-0.1, -0.05) is 23.2 Å². The number of rotatable bonds is 2. The van der Waals surface area contributed by atoms with E-state index in [1.54, 1.807) is 0 Å². The molecular weight excluding hydrogens is 326 g/mol. The summed E-state index contributed by atoms with van der Waals surface area (Å²) in [5, 5.41) is 0.328. The van der Waals surface area contributed by atoms with E-state index in [9.17, 15) is 18.0 Å². The molecule has 0 heterocycles. The number of nitrogens with two attached hydrogens (primary N) is 1. The minimum Gasteiger partial charge on any atom is -0.398 e. The first-order valence-electron chi connectivity index (χ1n) is 5.66. The quantitative estimate of drug-likeness (QED) is 0.632. The van der Waals surface area contributed by atoms with E-state index < -0.39 is 17.5 Å². The average molecular weight is 334 g/mol. The SMILES string of the molecule is Nc1ccc(C(F)(F)F)cc1C(=O)c1cc(Cl)ccc1Cl. The third-order valence-corrected chi connectivity index (χ3v) is 3.36. The fourth-order valence-electron chi connectivity index (χ4n) is 1.75. The lowest BCUT2D eigenvalue weighted by Crippen LogP contribution is -2.11. The topological polar surface area (TPSA) is 43.1 Å². The van der Waals surface area contributed by atoms with Crippen LogP contribution in [0.4, 0.5) is 18.9 Å². The average Bonchev–Trinajstić information content (AvgIpc) is 2.40. The van der Waals surface area contributed by atoms with Crippen molar-refractivity contribution in [2.75, 3.05) is 5.73 Å². The van der Waals surface area contributed by atoms with Gasteiger partial charge in [-0.05, 0) is 36.4 Å². The number of anilines is 1. The molecule has 110 valence electrons. The molecule has 2 N–H and O–H groups in total. The van der Waals surface area contributed by atoms with Crippen LogP contribution in [0.5, 0.6) is 0 Å². The molecular formula is C14H8Cl2F3NO. The molecule has 0 unspecified atom stereocenters. The molecule has 0 bridgehead atoms. The lowest BCUT2D eigenvalue weighted by Gasteiger charge is -2.11. The smallest absolute Gasteiger partial charge is 0.398 e. The first-order valence-corrected chi connectivity index (χ1v) is 6.42. The largest absolute Gasteiger partial charge is 0.416 e. The fourth-order valence-corrected chi connectivity index (χ4v) is 2.12. The summed E-state index contributed by atoms with van der Waals surface area (Å²) in [6, 6.07) is 6.69. The van der Waals surface area contributed by atoms with Crippen molar-refractivity contribution in [1.29, 1.82) is 0 Å². The number of nitrogen functional groups attached to an aromatic ring is 1. The van der Waals surface area contributed by atoms with Crippen LogP contribution in [0.25, 0.3) is 0 Å². The van der Waals surface area contributed by atoms with Gasteiger partial charge in [-0.2, -0.15) is 13.2 Å². The molecule has 0 aliphatic rings. The van der Waals surface area contributed by atoms with Crippen molar-refractivity contribution in [3.63, 3.8) is 0 Å². The van der Waals surface area contributed by atoms with Gasteiger partial charge in [0, 0.05) is 21.8 Å². The van der Waals surface area contributed by atoms with Crippen molar-refractivity contribution in [2.45, 2.75) is 6.18 Å². The highest BCUT2D eigenvalue weighted by molar-refractivity contribution is 6.37. The Labute approximate surface area is 128 Å². The lowest BCUT2D eigenvalue weighted by atomic mass is 9.99. The van der Waals surface area contributed by atoms with E-state index in [0.717, 1.165) is 12.1 Å². The number of alkyl halides is 3. The Morgan fingerprint density at radius 2 is 1.67 bits per heavy atom. The second-order valence-corrected chi connectivity index (χ2v) is 5.10. The summed E-state index contributed by atoms with van der Waals surface area (Å²) >= 11 is 11.7. The third kappa shape index (κ3) is 3.31. The van der Waals surface area contributed by atoms with E-state index in [1.807, 2.05) is 0 Å². The van der Waals surface area contributed by atoms with E-state index >= 15 is 0 Å².